The topological polar surface area (TPSA) is 311 Å². The molecule has 4 aliphatic rings. The van der Waals surface area contributed by atoms with Gasteiger partial charge in [0.15, 0.2) is 29.5 Å². The van der Waals surface area contributed by atoms with E-state index in [1.807, 2.05) is 13.0 Å². The van der Waals surface area contributed by atoms with Gasteiger partial charge in [0.2, 0.25) is 5.78 Å². The summed E-state index contributed by atoms with van der Waals surface area (Å²) >= 11 is 0. The molecular weight excluding hydrogens is 842 g/mol. The predicted molar refractivity (Wildman–Crippen MR) is 203 cm³/mol. The number of rotatable bonds is 22. The Hall–Kier alpha value is -4.47. The van der Waals surface area contributed by atoms with E-state index in [9.17, 15) is 29.1 Å². The molecule has 0 aliphatic heterocycles. The molecule has 3 saturated carbocycles. The quantitative estimate of drug-likeness (QED) is 0.0286. The molecule has 1 aromatic rings. The number of ether oxygens (including phenoxy) is 5. The maximum absolute atomic E-state index is 14.5. The standard InChI is InChI=1S/C40H55N3O20/c1-38-15-13-26(44)20-25(38)10-11-28-29-14-16-40(39(29,2)21-30(45)35(28)38,62-34(47)8-6-18-59-41(50)51)33(46)23-58-37(49)61-31-12-9-24(19-32(31)56-3)36(48)57-17-5-4-7-27(63-43(54)55)22-60-42(52)53/h9,12-13,15,19-20,27-30,35,45,50-55H,4-8,10-11,14,16-18,21-23H2,1-3H3/t27?,28?,29?,30?,35-,38+,39+,40+/m1/s1. The fourth-order valence-corrected chi connectivity index (χ4v) is 10.0. The van der Waals surface area contributed by atoms with E-state index in [4.69, 9.17) is 54.9 Å². The third kappa shape index (κ3) is 11.6. The number of aliphatic hydroxyl groups excluding tert-OH is 1. The summed E-state index contributed by atoms with van der Waals surface area (Å²) in [5.41, 5.74) is -2.60. The van der Waals surface area contributed by atoms with Crippen molar-refractivity contribution in [1.29, 1.82) is 0 Å². The fourth-order valence-electron chi connectivity index (χ4n) is 10.0. The van der Waals surface area contributed by atoms with Crippen LogP contribution in [-0.2, 0) is 43.1 Å². The minimum absolute atomic E-state index is 0.00378. The molecule has 5 rings (SSSR count). The monoisotopic (exact) mass is 897 g/mol. The SMILES string of the molecule is COc1cc(C(=O)OCCCCC(CON(O)O)ON(O)O)ccc1OC(=O)OCC(=O)[C@@]1(OC(=O)CCCON(O)O)CCC2C3CCC4=CC(=O)C=C[C@]4(C)[C@H]3C(O)C[C@@]21C. The van der Waals surface area contributed by atoms with Crippen molar-refractivity contribution in [3.8, 4) is 11.5 Å². The highest BCUT2D eigenvalue weighted by Crippen LogP contribution is 2.68. The Bertz CT molecular complexity index is 1870. The van der Waals surface area contributed by atoms with Crippen LogP contribution in [0.25, 0.3) is 0 Å². The maximum Gasteiger partial charge on any atom is 0.514 e. The summed E-state index contributed by atoms with van der Waals surface area (Å²) in [4.78, 5) is 79.6. The number of aliphatic hydroxyl groups is 1. The van der Waals surface area contributed by atoms with Crippen LogP contribution in [0.5, 0.6) is 11.5 Å². The second-order valence-corrected chi connectivity index (χ2v) is 16.3. The van der Waals surface area contributed by atoms with Gasteiger partial charge in [0.1, 0.15) is 12.7 Å². The Morgan fingerprint density at radius 3 is 2.35 bits per heavy atom. The third-order valence-corrected chi connectivity index (χ3v) is 12.8. The van der Waals surface area contributed by atoms with Crippen LogP contribution >= 0.6 is 0 Å². The lowest BCUT2D eigenvalue weighted by Gasteiger charge is -2.59. The van der Waals surface area contributed by atoms with E-state index in [1.54, 1.807) is 13.0 Å². The van der Waals surface area contributed by atoms with Gasteiger partial charge in [-0.15, -0.1) is 0 Å². The van der Waals surface area contributed by atoms with Gasteiger partial charge in [-0.1, -0.05) is 25.5 Å². The summed E-state index contributed by atoms with van der Waals surface area (Å²) in [7, 11) is 1.25. The molecule has 0 aromatic heterocycles. The van der Waals surface area contributed by atoms with Gasteiger partial charge in [-0.2, -0.15) is 0 Å². The molecule has 0 saturated heterocycles. The van der Waals surface area contributed by atoms with Gasteiger partial charge in [-0.05, 0) is 100.0 Å². The Morgan fingerprint density at radius 2 is 1.65 bits per heavy atom. The van der Waals surface area contributed by atoms with E-state index in [2.05, 4.69) is 14.5 Å². The van der Waals surface area contributed by atoms with Crippen molar-refractivity contribution >= 4 is 29.7 Å². The van der Waals surface area contributed by atoms with Gasteiger partial charge in [0, 0.05) is 23.2 Å². The van der Waals surface area contributed by atoms with Crippen molar-refractivity contribution in [2.45, 2.75) is 95.9 Å². The van der Waals surface area contributed by atoms with Crippen molar-refractivity contribution < 1.29 is 98.5 Å². The number of unbranched alkanes of at least 4 members (excludes halogenated alkanes) is 1. The number of hydrogen-bond donors (Lipinski definition) is 7. The molecule has 1 aromatic carbocycles. The summed E-state index contributed by atoms with van der Waals surface area (Å²) in [6, 6.07) is 3.78. The first-order chi connectivity index (χ1) is 29.8. The van der Waals surface area contributed by atoms with E-state index in [1.165, 1.54) is 31.4 Å². The number of carbonyl (C=O) groups is 5. The smallest absolute Gasteiger partial charge is 0.493 e. The van der Waals surface area contributed by atoms with Crippen LogP contribution in [0.1, 0.15) is 88.4 Å². The maximum atomic E-state index is 14.5. The average Bonchev–Trinajstić information content (AvgIpc) is 3.51. The molecule has 0 spiro atoms. The highest BCUT2D eigenvalue weighted by molar-refractivity contribution is 6.01. The molecule has 23 nitrogen and oxygen atoms in total. The van der Waals surface area contributed by atoms with E-state index in [0.29, 0.717) is 25.7 Å². The summed E-state index contributed by atoms with van der Waals surface area (Å²) in [6.07, 6.45) is 3.98. The van der Waals surface area contributed by atoms with Gasteiger partial charge in [-0.3, -0.25) is 50.5 Å². The molecule has 7 N–H and O–H groups in total. The molecule has 8 atom stereocenters. The lowest BCUT2D eigenvalue weighted by atomic mass is 9.46. The average molecular weight is 898 g/mol. The molecule has 0 heterocycles. The zero-order valence-corrected chi connectivity index (χ0v) is 35.0. The van der Waals surface area contributed by atoms with Gasteiger partial charge < -0.3 is 28.8 Å². The van der Waals surface area contributed by atoms with Crippen LogP contribution in [0.4, 0.5) is 4.79 Å². The highest BCUT2D eigenvalue weighted by atomic mass is 17.1. The van der Waals surface area contributed by atoms with Crippen LogP contribution in [0.15, 0.2) is 42.0 Å². The molecule has 0 amide bonds. The molecular formula is C40H55N3O20. The molecule has 4 aliphatic carbocycles. The van der Waals surface area contributed by atoms with Crippen molar-refractivity contribution in [2.24, 2.45) is 28.6 Å². The van der Waals surface area contributed by atoms with Gasteiger partial charge in [0.05, 0.1) is 48.2 Å². The number of carbonyl (C=O) groups excluding carboxylic acids is 5. The van der Waals surface area contributed by atoms with Crippen molar-refractivity contribution in [3.05, 3.63) is 47.6 Å². The largest absolute Gasteiger partial charge is 0.514 e. The molecule has 0 radical (unpaired) electrons. The molecule has 350 valence electrons. The number of allylic oxidation sites excluding steroid dienone is 4. The fraction of sp³-hybridized carbons (Fsp3) is 0.625. The van der Waals surface area contributed by atoms with Crippen molar-refractivity contribution in [1.82, 2.24) is 16.2 Å². The number of fused-ring (bicyclic) bond motifs is 5. The third-order valence-electron chi connectivity index (χ3n) is 12.8. The minimum atomic E-state index is -1.84. The Labute approximate surface area is 361 Å². The normalized spacial score (nSPS) is 27.9. The Balaban J connectivity index is 1.23. The summed E-state index contributed by atoms with van der Waals surface area (Å²) < 4.78 is 27.3. The first-order valence-electron chi connectivity index (χ1n) is 20.4. The molecule has 63 heavy (non-hydrogen) atoms. The molecule has 4 unspecified atom stereocenters. The van der Waals surface area contributed by atoms with Crippen molar-refractivity contribution in [2.75, 3.05) is 33.5 Å². The number of esters is 2. The number of nitrogens with zero attached hydrogens (tertiary/aromatic N) is 3. The Morgan fingerprint density at radius 1 is 0.905 bits per heavy atom. The van der Waals surface area contributed by atoms with Crippen LogP contribution in [0, 0.1) is 28.6 Å². The number of hydrogen-bond acceptors (Lipinski definition) is 23. The second-order valence-electron chi connectivity index (χ2n) is 16.3. The lowest BCUT2D eigenvalue weighted by molar-refractivity contribution is -0.527. The molecule has 0 bridgehead atoms. The van der Waals surface area contributed by atoms with E-state index < -0.39 is 81.9 Å². The zero-order chi connectivity index (χ0) is 46.1. The first kappa shape index (κ1) is 49.5. The van der Waals surface area contributed by atoms with E-state index in [0.717, 1.165) is 5.57 Å². The zero-order valence-electron chi connectivity index (χ0n) is 35.0. The van der Waals surface area contributed by atoms with E-state index >= 15 is 0 Å². The number of ketones is 2. The molecule has 3 fully saturated rings. The lowest BCUT2D eigenvalue weighted by Crippen LogP contribution is -2.63. The number of benzene rings is 1. The van der Waals surface area contributed by atoms with E-state index in [-0.39, 0.29) is 92.3 Å². The summed E-state index contributed by atoms with van der Waals surface area (Å²) in [6.45, 7) is 2.13. The number of Topliss-reactive ketones (excluding diaryl/α,β-unsaturated/α-hetero) is 1. The van der Waals surface area contributed by atoms with Crippen LogP contribution < -0.4 is 9.47 Å². The predicted octanol–water partition coefficient (Wildman–Crippen LogP) is 3.85. The summed E-state index contributed by atoms with van der Waals surface area (Å²) in [5, 5.41) is 63.2. The van der Waals surface area contributed by atoms with Gasteiger partial charge >= 0.3 is 18.1 Å². The van der Waals surface area contributed by atoms with Crippen molar-refractivity contribution in [3.63, 3.8) is 0 Å². The minimum Gasteiger partial charge on any atom is -0.493 e. The first-order valence-corrected chi connectivity index (χ1v) is 20.4. The van der Waals surface area contributed by atoms with Crippen LogP contribution in [0.2, 0.25) is 0 Å². The van der Waals surface area contributed by atoms with Gasteiger partial charge in [0.25, 0.3) is 0 Å². The molecule has 23 heteroatoms. The second kappa shape index (κ2) is 21.5. The summed E-state index contributed by atoms with van der Waals surface area (Å²) in [5.74, 6) is -3.27. The van der Waals surface area contributed by atoms with Crippen LogP contribution in [-0.4, -0.2) is 134 Å². The van der Waals surface area contributed by atoms with Crippen LogP contribution in [0.3, 0.4) is 0 Å². The number of methoxy groups -OCH3 is 1. The van der Waals surface area contributed by atoms with Gasteiger partial charge in [-0.25, -0.2) is 19.3 Å². The Kier molecular flexibility index (Phi) is 16.9. The highest BCUT2D eigenvalue weighted by Gasteiger charge is 2.70.